The number of carboxylic acids is 1. The highest BCUT2D eigenvalue weighted by Crippen LogP contribution is 2.40. The van der Waals surface area contributed by atoms with E-state index in [0.717, 1.165) is 25.0 Å². The normalized spacial score (nSPS) is 25.8. The van der Waals surface area contributed by atoms with Gasteiger partial charge in [-0.25, -0.2) is 17.6 Å². The predicted molar refractivity (Wildman–Crippen MR) is 79.2 cm³/mol. The molecule has 3 rings (SSSR count). The summed E-state index contributed by atoms with van der Waals surface area (Å²) in [6.45, 7) is 1.77. The third-order valence-electron chi connectivity index (χ3n) is 4.62. The molecule has 2 aliphatic rings. The summed E-state index contributed by atoms with van der Waals surface area (Å²) in [5.74, 6) is -2.70. The van der Waals surface area contributed by atoms with E-state index < -0.39 is 32.3 Å². The molecule has 2 saturated heterocycles. The summed E-state index contributed by atoms with van der Waals surface area (Å²) < 4.78 is 46.4. The molecule has 2 heterocycles. The van der Waals surface area contributed by atoms with Gasteiger partial charge in [0.15, 0.2) is 5.82 Å². The molecular formula is C15H18FNO5S. The summed E-state index contributed by atoms with van der Waals surface area (Å²) >= 11 is 0. The van der Waals surface area contributed by atoms with Crippen LogP contribution in [0.5, 0.6) is 0 Å². The highest BCUT2D eigenvalue weighted by Gasteiger charge is 2.44. The average Bonchev–Trinajstić information content (AvgIpc) is 2.92. The van der Waals surface area contributed by atoms with Gasteiger partial charge in [0.2, 0.25) is 10.0 Å². The molecule has 126 valence electrons. The average molecular weight is 343 g/mol. The van der Waals surface area contributed by atoms with Crippen molar-refractivity contribution in [1.82, 2.24) is 4.31 Å². The fraction of sp³-hybridized carbons (Fsp3) is 0.533. The lowest BCUT2D eigenvalue weighted by Gasteiger charge is -2.33. The van der Waals surface area contributed by atoms with Crippen LogP contribution in [0.4, 0.5) is 4.39 Å². The van der Waals surface area contributed by atoms with Crippen LogP contribution in [-0.4, -0.2) is 50.1 Å². The second kappa shape index (κ2) is 5.85. The van der Waals surface area contributed by atoms with Crippen molar-refractivity contribution >= 4 is 16.0 Å². The number of hydrogen-bond donors (Lipinski definition) is 1. The molecule has 0 aliphatic carbocycles. The van der Waals surface area contributed by atoms with E-state index in [4.69, 9.17) is 9.84 Å². The van der Waals surface area contributed by atoms with E-state index in [0.29, 0.717) is 26.2 Å². The third kappa shape index (κ3) is 2.86. The summed E-state index contributed by atoms with van der Waals surface area (Å²) in [5, 5.41) is 8.95. The Morgan fingerprint density at radius 3 is 2.78 bits per heavy atom. The van der Waals surface area contributed by atoms with Crippen LogP contribution < -0.4 is 0 Å². The van der Waals surface area contributed by atoms with E-state index in [1.54, 1.807) is 0 Å². The molecule has 1 N–H and O–H groups in total. The van der Waals surface area contributed by atoms with Crippen LogP contribution in [0.3, 0.4) is 0 Å². The Labute approximate surface area is 133 Å². The van der Waals surface area contributed by atoms with Gasteiger partial charge in [-0.3, -0.25) is 0 Å². The predicted octanol–water partition coefficient (Wildman–Crippen LogP) is 1.72. The minimum Gasteiger partial charge on any atom is -0.478 e. The molecule has 1 spiro atoms. The zero-order valence-corrected chi connectivity index (χ0v) is 13.3. The van der Waals surface area contributed by atoms with Crippen molar-refractivity contribution in [1.29, 1.82) is 0 Å². The van der Waals surface area contributed by atoms with Crippen molar-refractivity contribution in [3.8, 4) is 0 Å². The molecule has 1 aromatic carbocycles. The Morgan fingerprint density at radius 1 is 1.35 bits per heavy atom. The first-order chi connectivity index (χ1) is 10.9. The Bertz CT molecular complexity index is 727. The molecule has 6 nitrogen and oxygen atoms in total. The summed E-state index contributed by atoms with van der Waals surface area (Å²) in [6.07, 6.45) is 2.44. The monoisotopic (exact) mass is 343 g/mol. The number of hydrogen-bond acceptors (Lipinski definition) is 4. The van der Waals surface area contributed by atoms with Gasteiger partial charge in [-0.05, 0) is 31.4 Å². The number of carboxylic acid groups (broad SMARTS) is 1. The van der Waals surface area contributed by atoms with Crippen LogP contribution >= 0.6 is 0 Å². The Morgan fingerprint density at radius 2 is 2.13 bits per heavy atom. The van der Waals surface area contributed by atoms with Gasteiger partial charge < -0.3 is 9.84 Å². The molecule has 8 heteroatoms. The van der Waals surface area contributed by atoms with E-state index in [2.05, 4.69) is 0 Å². The molecule has 0 amide bonds. The first-order valence-electron chi connectivity index (χ1n) is 7.45. The van der Waals surface area contributed by atoms with Crippen LogP contribution in [0.1, 0.15) is 29.6 Å². The van der Waals surface area contributed by atoms with Crippen molar-refractivity contribution in [2.75, 3.05) is 26.3 Å². The molecule has 1 atom stereocenters. The van der Waals surface area contributed by atoms with Crippen molar-refractivity contribution in [3.05, 3.63) is 29.6 Å². The van der Waals surface area contributed by atoms with Crippen LogP contribution in [0.25, 0.3) is 0 Å². The molecule has 0 saturated carbocycles. The summed E-state index contributed by atoms with van der Waals surface area (Å²) in [6, 6.07) is 3.41. The van der Waals surface area contributed by atoms with Crippen molar-refractivity contribution in [3.63, 3.8) is 0 Å². The second-order valence-corrected chi connectivity index (χ2v) is 8.07. The van der Waals surface area contributed by atoms with Crippen molar-refractivity contribution < 1.29 is 27.4 Å². The number of sulfonamides is 1. The van der Waals surface area contributed by atoms with E-state index in [9.17, 15) is 17.6 Å². The van der Waals surface area contributed by atoms with Crippen LogP contribution in [-0.2, 0) is 14.8 Å². The minimum absolute atomic E-state index is 0.202. The number of ether oxygens (including phenoxy) is 1. The van der Waals surface area contributed by atoms with Crippen LogP contribution in [0.15, 0.2) is 23.1 Å². The topological polar surface area (TPSA) is 83.9 Å². The SMILES string of the molecule is O=C(O)c1cccc(S(=O)(=O)N2CCC3(CCCOC3)C2)c1F. The van der Waals surface area contributed by atoms with Crippen LogP contribution in [0.2, 0.25) is 0 Å². The molecule has 1 unspecified atom stereocenters. The molecule has 23 heavy (non-hydrogen) atoms. The van der Waals surface area contributed by atoms with Crippen molar-refractivity contribution in [2.24, 2.45) is 5.41 Å². The minimum atomic E-state index is -4.06. The fourth-order valence-corrected chi connectivity index (χ4v) is 4.99. The third-order valence-corrected chi connectivity index (χ3v) is 6.48. The summed E-state index contributed by atoms with van der Waals surface area (Å²) in [4.78, 5) is 10.4. The molecule has 0 aromatic heterocycles. The Balaban J connectivity index is 1.91. The van der Waals surface area contributed by atoms with Gasteiger partial charge >= 0.3 is 5.97 Å². The van der Waals surface area contributed by atoms with Gasteiger partial charge in [-0.2, -0.15) is 4.31 Å². The fourth-order valence-electron chi connectivity index (χ4n) is 3.35. The maximum Gasteiger partial charge on any atom is 0.338 e. The highest BCUT2D eigenvalue weighted by atomic mass is 32.2. The lowest BCUT2D eigenvalue weighted by atomic mass is 9.82. The zero-order chi connectivity index (χ0) is 16.7. The van der Waals surface area contributed by atoms with Gasteiger partial charge in [-0.1, -0.05) is 6.07 Å². The number of carbonyl (C=O) groups is 1. The summed E-state index contributed by atoms with van der Waals surface area (Å²) in [7, 11) is -4.06. The number of aromatic carboxylic acids is 1. The van der Waals surface area contributed by atoms with Crippen molar-refractivity contribution in [2.45, 2.75) is 24.2 Å². The molecule has 2 fully saturated rings. The first-order valence-corrected chi connectivity index (χ1v) is 8.89. The van der Waals surface area contributed by atoms with Gasteiger partial charge in [0.25, 0.3) is 0 Å². The lowest BCUT2D eigenvalue weighted by molar-refractivity contribution is 0.000894. The Kier molecular flexibility index (Phi) is 4.16. The molecular weight excluding hydrogens is 325 g/mol. The van der Waals surface area contributed by atoms with E-state index >= 15 is 0 Å². The summed E-state index contributed by atoms with van der Waals surface area (Å²) in [5.41, 5.74) is -0.840. The van der Waals surface area contributed by atoms with Gasteiger partial charge in [0.1, 0.15) is 4.90 Å². The van der Waals surface area contributed by atoms with Gasteiger partial charge in [0.05, 0.1) is 12.2 Å². The van der Waals surface area contributed by atoms with E-state index in [1.807, 2.05) is 0 Å². The lowest BCUT2D eigenvalue weighted by Crippen LogP contribution is -2.37. The standard InChI is InChI=1S/C15H18FNO5S/c16-13-11(14(18)19)3-1-4-12(13)23(20,21)17-7-6-15(9-17)5-2-8-22-10-15/h1,3-4H,2,5-10H2,(H,18,19). The number of benzene rings is 1. The van der Waals surface area contributed by atoms with Gasteiger partial charge in [-0.15, -0.1) is 0 Å². The molecule has 0 bridgehead atoms. The van der Waals surface area contributed by atoms with E-state index in [-0.39, 0.29) is 12.0 Å². The highest BCUT2D eigenvalue weighted by molar-refractivity contribution is 7.89. The maximum atomic E-state index is 14.3. The first kappa shape index (κ1) is 16.4. The second-order valence-electron chi connectivity index (χ2n) is 6.17. The molecule has 2 aliphatic heterocycles. The smallest absolute Gasteiger partial charge is 0.338 e. The zero-order valence-electron chi connectivity index (χ0n) is 12.5. The van der Waals surface area contributed by atoms with Gasteiger partial charge in [0, 0.05) is 25.1 Å². The van der Waals surface area contributed by atoms with Crippen LogP contribution in [0, 0.1) is 11.2 Å². The quantitative estimate of drug-likeness (QED) is 0.903. The molecule has 0 radical (unpaired) electrons. The maximum absolute atomic E-state index is 14.3. The number of halogens is 1. The largest absolute Gasteiger partial charge is 0.478 e. The Hall–Kier alpha value is -1.51. The number of rotatable bonds is 3. The van der Waals surface area contributed by atoms with E-state index in [1.165, 1.54) is 10.4 Å². The number of nitrogens with zero attached hydrogens (tertiary/aromatic N) is 1. The molecule has 1 aromatic rings.